The van der Waals surface area contributed by atoms with E-state index in [1.807, 2.05) is 37.4 Å². The third-order valence-corrected chi connectivity index (χ3v) is 3.03. The molecule has 2 N–H and O–H groups in total. The molecule has 0 fully saturated rings. The Balaban J connectivity index is 2.42. The van der Waals surface area contributed by atoms with Crippen LogP contribution in [0.5, 0.6) is 0 Å². The Kier molecular flexibility index (Phi) is 5.55. The predicted octanol–water partition coefficient (Wildman–Crippen LogP) is 2.97. The lowest BCUT2D eigenvalue weighted by atomic mass is 9.96. The zero-order chi connectivity index (χ0) is 14.5. The van der Waals surface area contributed by atoms with Gasteiger partial charge in [-0.3, -0.25) is 4.79 Å². The molecule has 1 rings (SSSR count). The number of nitrogens with zero attached hydrogens (tertiary/aromatic N) is 1. The molecule has 3 heteroatoms. The van der Waals surface area contributed by atoms with Gasteiger partial charge >= 0.3 is 0 Å². The van der Waals surface area contributed by atoms with Crippen LogP contribution >= 0.6 is 0 Å². The number of carbonyl (C=O) groups is 1. The van der Waals surface area contributed by atoms with Crippen molar-refractivity contribution in [3.05, 3.63) is 35.9 Å². The molecule has 106 valence electrons. The SMILES string of the molecule is CN(CC(C)(C)C)C(=O)CCC(N)c1ccccc1. The van der Waals surface area contributed by atoms with Crippen molar-refractivity contribution in [2.45, 2.75) is 39.7 Å². The smallest absolute Gasteiger partial charge is 0.222 e. The van der Waals surface area contributed by atoms with Gasteiger partial charge in [0.25, 0.3) is 0 Å². The zero-order valence-corrected chi connectivity index (χ0v) is 12.5. The fourth-order valence-corrected chi connectivity index (χ4v) is 2.14. The van der Waals surface area contributed by atoms with Crippen LogP contribution in [0.1, 0.15) is 45.2 Å². The Hall–Kier alpha value is -1.35. The third-order valence-electron chi connectivity index (χ3n) is 3.03. The second-order valence-corrected chi connectivity index (χ2v) is 6.37. The van der Waals surface area contributed by atoms with Gasteiger partial charge in [-0.25, -0.2) is 0 Å². The molecule has 0 aliphatic carbocycles. The molecule has 1 amide bonds. The summed E-state index contributed by atoms with van der Waals surface area (Å²) in [5, 5.41) is 0. The van der Waals surface area contributed by atoms with E-state index in [0.717, 1.165) is 12.1 Å². The molecule has 3 nitrogen and oxygen atoms in total. The van der Waals surface area contributed by atoms with Crippen LogP contribution in [-0.4, -0.2) is 24.4 Å². The van der Waals surface area contributed by atoms with Gasteiger partial charge in [0.1, 0.15) is 0 Å². The molecule has 0 spiro atoms. The number of hydrogen-bond donors (Lipinski definition) is 1. The normalized spacial score (nSPS) is 13.1. The summed E-state index contributed by atoms with van der Waals surface area (Å²) in [7, 11) is 1.86. The van der Waals surface area contributed by atoms with Gasteiger partial charge in [0.2, 0.25) is 5.91 Å². The Morgan fingerprint density at radius 2 is 1.84 bits per heavy atom. The second kappa shape index (κ2) is 6.71. The molecule has 1 atom stereocenters. The molecule has 0 aromatic heterocycles. The zero-order valence-electron chi connectivity index (χ0n) is 12.5. The molecule has 1 aromatic carbocycles. The van der Waals surface area contributed by atoms with Crippen LogP contribution < -0.4 is 5.73 Å². The van der Waals surface area contributed by atoms with E-state index in [2.05, 4.69) is 20.8 Å². The minimum absolute atomic E-state index is 0.0619. The number of hydrogen-bond acceptors (Lipinski definition) is 2. The van der Waals surface area contributed by atoms with Gasteiger partial charge in [0.15, 0.2) is 0 Å². The molecule has 19 heavy (non-hydrogen) atoms. The summed E-state index contributed by atoms with van der Waals surface area (Å²) in [5.74, 6) is 0.168. The van der Waals surface area contributed by atoms with Gasteiger partial charge in [0.05, 0.1) is 0 Å². The van der Waals surface area contributed by atoms with E-state index in [1.54, 1.807) is 4.90 Å². The van der Waals surface area contributed by atoms with Crippen molar-refractivity contribution >= 4 is 5.91 Å². The molecule has 0 radical (unpaired) electrons. The maximum absolute atomic E-state index is 12.0. The van der Waals surface area contributed by atoms with Crippen molar-refractivity contribution in [3.8, 4) is 0 Å². The van der Waals surface area contributed by atoms with Gasteiger partial charge in [-0.15, -0.1) is 0 Å². The van der Waals surface area contributed by atoms with Gasteiger partial charge < -0.3 is 10.6 Å². The van der Waals surface area contributed by atoms with E-state index < -0.39 is 0 Å². The minimum atomic E-state index is -0.0619. The van der Waals surface area contributed by atoms with E-state index in [9.17, 15) is 4.79 Å². The van der Waals surface area contributed by atoms with Crippen molar-refractivity contribution in [1.29, 1.82) is 0 Å². The first kappa shape index (κ1) is 15.7. The van der Waals surface area contributed by atoms with Crippen LogP contribution in [0.25, 0.3) is 0 Å². The second-order valence-electron chi connectivity index (χ2n) is 6.37. The highest BCUT2D eigenvalue weighted by molar-refractivity contribution is 5.75. The molecule has 0 aliphatic heterocycles. The molecule has 1 aromatic rings. The number of carbonyl (C=O) groups excluding carboxylic acids is 1. The molecule has 0 heterocycles. The first-order valence-electron chi connectivity index (χ1n) is 6.84. The summed E-state index contributed by atoms with van der Waals surface area (Å²) in [6, 6.07) is 9.87. The first-order valence-corrected chi connectivity index (χ1v) is 6.84. The van der Waals surface area contributed by atoms with E-state index in [0.29, 0.717) is 12.8 Å². The molecule has 0 aliphatic rings. The number of nitrogens with two attached hydrogens (primary N) is 1. The average molecular weight is 262 g/mol. The lowest BCUT2D eigenvalue weighted by molar-refractivity contribution is -0.131. The summed E-state index contributed by atoms with van der Waals surface area (Å²) in [5.41, 5.74) is 7.32. The fourth-order valence-electron chi connectivity index (χ4n) is 2.14. The lowest BCUT2D eigenvalue weighted by Gasteiger charge is -2.27. The highest BCUT2D eigenvalue weighted by atomic mass is 16.2. The molecule has 0 saturated carbocycles. The maximum Gasteiger partial charge on any atom is 0.222 e. The highest BCUT2D eigenvalue weighted by Crippen LogP contribution is 2.18. The lowest BCUT2D eigenvalue weighted by Crippen LogP contribution is -2.34. The summed E-state index contributed by atoms with van der Waals surface area (Å²) in [4.78, 5) is 13.8. The van der Waals surface area contributed by atoms with Crippen LogP contribution in [0.2, 0.25) is 0 Å². The largest absolute Gasteiger partial charge is 0.345 e. The Bertz CT molecular complexity index is 395. The number of benzene rings is 1. The van der Waals surface area contributed by atoms with Crippen LogP contribution in [0.3, 0.4) is 0 Å². The number of amides is 1. The Morgan fingerprint density at radius 3 is 2.37 bits per heavy atom. The molecule has 1 unspecified atom stereocenters. The third kappa shape index (κ3) is 5.88. The van der Waals surface area contributed by atoms with Gasteiger partial charge in [0, 0.05) is 26.1 Å². The summed E-state index contributed by atoms with van der Waals surface area (Å²) in [6.07, 6.45) is 1.19. The van der Waals surface area contributed by atoms with E-state index in [4.69, 9.17) is 5.73 Å². The number of rotatable bonds is 5. The standard InChI is InChI=1S/C16H26N2O/c1-16(2,3)12-18(4)15(19)11-10-14(17)13-8-6-5-7-9-13/h5-9,14H,10-12,17H2,1-4H3. The Morgan fingerprint density at radius 1 is 1.26 bits per heavy atom. The van der Waals surface area contributed by atoms with Gasteiger partial charge in [-0.2, -0.15) is 0 Å². The molecule has 0 saturated heterocycles. The van der Waals surface area contributed by atoms with Gasteiger partial charge in [-0.05, 0) is 17.4 Å². The van der Waals surface area contributed by atoms with Crippen molar-refractivity contribution < 1.29 is 4.79 Å². The van der Waals surface area contributed by atoms with Crippen molar-refractivity contribution in [1.82, 2.24) is 4.90 Å². The highest BCUT2D eigenvalue weighted by Gasteiger charge is 2.18. The maximum atomic E-state index is 12.0. The molecule has 0 bridgehead atoms. The van der Waals surface area contributed by atoms with Crippen LogP contribution in [0, 0.1) is 5.41 Å². The summed E-state index contributed by atoms with van der Waals surface area (Å²) < 4.78 is 0. The van der Waals surface area contributed by atoms with E-state index in [-0.39, 0.29) is 17.4 Å². The van der Waals surface area contributed by atoms with Crippen LogP contribution in [0.4, 0.5) is 0 Å². The molecular weight excluding hydrogens is 236 g/mol. The average Bonchev–Trinajstić information content (AvgIpc) is 2.34. The predicted molar refractivity (Wildman–Crippen MR) is 79.7 cm³/mol. The van der Waals surface area contributed by atoms with Crippen molar-refractivity contribution in [2.24, 2.45) is 11.1 Å². The molecular formula is C16H26N2O. The van der Waals surface area contributed by atoms with E-state index >= 15 is 0 Å². The topological polar surface area (TPSA) is 46.3 Å². The van der Waals surface area contributed by atoms with Crippen molar-refractivity contribution in [2.75, 3.05) is 13.6 Å². The Labute approximate surface area is 116 Å². The van der Waals surface area contributed by atoms with Crippen LogP contribution in [-0.2, 0) is 4.79 Å². The van der Waals surface area contributed by atoms with Crippen molar-refractivity contribution in [3.63, 3.8) is 0 Å². The minimum Gasteiger partial charge on any atom is -0.345 e. The quantitative estimate of drug-likeness (QED) is 0.886. The summed E-state index contributed by atoms with van der Waals surface area (Å²) in [6.45, 7) is 7.16. The fraction of sp³-hybridized carbons (Fsp3) is 0.562. The van der Waals surface area contributed by atoms with Crippen LogP contribution in [0.15, 0.2) is 30.3 Å². The first-order chi connectivity index (χ1) is 8.79. The van der Waals surface area contributed by atoms with E-state index in [1.165, 1.54) is 0 Å². The van der Waals surface area contributed by atoms with Gasteiger partial charge in [-0.1, -0.05) is 51.1 Å². The monoisotopic (exact) mass is 262 g/mol. The summed E-state index contributed by atoms with van der Waals surface area (Å²) >= 11 is 0.